The molecule has 0 unspecified atom stereocenters. The molecular formula is C23H28N2O. The molecule has 1 heterocycles. The predicted molar refractivity (Wildman–Crippen MR) is 110 cm³/mol. The van der Waals surface area contributed by atoms with Gasteiger partial charge in [-0.15, -0.1) is 0 Å². The SMILES string of the molecule is Cc1cccc(C(C)C)c1NC(=O)Cn1ccc2cc(C(C)C)ccc21. The number of anilines is 1. The number of carbonyl (C=O) groups excluding carboxylic acids is 1. The maximum Gasteiger partial charge on any atom is 0.244 e. The third kappa shape index (κ3) is 3.67. The Balaban J connectivity index is 1.82. The van der Waals surface area contributed by atoms with Gasteiger partial charge in [0, 0.05) is 17.4 Å². The maximum absolute atomic E-state index is 12.7. The second kappa shape index (κ2) is 7.36. The third-order valence-electron chi connectivity index (χ3n) is 4.97. The molecule has 26 heavy (non-hydrogen) atoms. The molecule has 136 valence electrons. The molecule has 1 amide bonds. The van der Waals surface area contributed by atoms with Gasteiger partial charge >= 0.3 is 0 Å². The van der Waals surface area contributed by atoms with E-state index in [2.05, 4.69) is 63.3 Å². The van der Waals surface area contributed by atoms with Gasteiger partial charge in [0.2, 0.25) is 5.91 Å². The van der Waals surface area contributed by atoms with Gasteiger partial charge in [0.25, 0.3) is 0 Å². The number of hydrogen-bond acceptors (Lipinski definition) is 1. The van der Waals surface area contributed by atoms with Crippen LogP contribution in [0.5, 0.6) is 0 Å². The van der Waals surface area contributed by atoms with E-state index in [1.807, 2.05) is 29.8 Å². The highest BCUT2D eigenvalue weighted by molar-refractivity contribution is 5.93. The zero-order chi connectivity index (χ0) is 18.8. The first-order valence-corrected chi connectivity index (χ1v) is 9.35. The lowest BCUT2D eigenvalue weighted by atomic mass is 9.98. The van der Waals surface area contributed by atoms with E-state index in [1.165, 1.54) is 16.5 Å². The quantitative estimate of drug-likeness (QED) is 0.618. The Bertz CT molecular complexity index is 935. The van der Waals surface area contributed by atoms with E-state index in [9.17, 15) is 4.79 Å². The van der Waals surface area contributed by atoms with Gasteiger partial charge in [0.15, 0.2) is 0 Å². The van der Waals surface area contributed by atoms with Crippen LogP contribution in [-0.2, 0) is 11.3 Å². The molecule has 0 fully saturated rings. The molecule has 1 aromatic heterocycles. The second-order valence-electron chi connectivity index (χ2n) is 7.66. The van der Waals surface area contributed by atoms with E-state index in [-0.39, 0.29) is 5.91 Å². The van der Waals surface area contributed by atoms with Gasteiger partial charge in [0.1, 0.15) is 6.54 Å². The van der Waals surface area contributed by atoms with E-state index in [1.54, 1.807) is 0 Å². The second-order valence-corrected chi connectivity index (χ2v) is 7.66. The van der Waals surface area contributed by atoms with Gasteiger partial charge in [0.05, 0.1) is 0 Å². The van der Waals surface area contributed by atoms with Crippen molar-refractivity contribution in [3.63, 3.8) is 0 Å². The van der Waals surface area contributed by atoms with Crippen molar-refractivity contribution >= 4 is 22.5 Å². The molecule has 3 heteroatoms. The lowest BCUT2D eigenvalue weighted by Gasteiger charge is -2.17. The summed E-state index contributed by atoms with van der Waals surface area (Å²) in [5.41, 5.74) is 5.64. The molecule has 0 spiro atoms. The van der Waals surface area contributed by atoms with Crippen molar-refractivity contribution < 1.29 is 4.79 Å². The molecule has 3 aromatic rings. The number of aromatic nitrogens is 1. The first-order chi connectivity index (χ1) is 12.4. The number of para-hydroxylation sites is 1. The molecule has 0 aliphatic heterocycles. The average molecular weight is 348 g/mol. The van der Waals surface area contributed by atoms with Crippen molar-refractivity contribution in [3.05, 3.63) is 65.4 Å². The molecular weight excluding hydrogens is 320 g/mol. The van der Waals surface area contributed by atoms with Crippen molar-refractivity contribution in [2.75, 3.05) is 5.32 Å². The Morgan fingerprint density at radius 3 is 2.50 bits per heavy atom. The van der Waals surface area contributed by atoms with E-state index in [0.29, 0.717) is 18.4 Å². The largest absolute Gasteiger partial charge is 0.338 e. The summed E-state index contributed by atoms with van der Waals surface area (Å²) < 4.78 is 2.02. The Morgan fingerprint density at radius 2 is 1.81 bits per heavy atom. The molecule has 0 atom stereocenters. The van der Waals surface area contributed by atoms with Gasteiger partial charge in [-0.25, -0.2) is 0 Å². The minimum Gasteiger partial charge on any atom is -0.338 e. The molecule has 0 aliphatic rings. The zero-order valence-electron chi connectivity index (χ0n) is 16.3. The lowest BCUT2D eigenvalue weighted by molar-refractivity contribution is -0.116. The van der Waals surface area contributed by atoms with Crippen LogP contribution in [0.15, 0.2) is 48.7 Å². The van der Waals surface area contributed by atoms with Crippen molar-refractivity contribution in [1.82, 2.24) is 4.57 Å². The number of fused-ring (bicyclic) bond motifs is 1. The topological polar surface area (TPSA) is 34.0 Å². The van der Waals surface area contributed by atoms with Crippen LogP contribution >= 0.6 is 0 Å². The molecule has 0 bridgehead atoms. The summed E-state index contributed by atoms with van der Waals surface area (Å²) >= 11 is 0. The normalized spacial score (nSPS) is 11.5. The minimum absolute atomic E-state index is 0.00614. The van der Waals surface area contributed by atoms with E-state index < -0.39 is 0 Å². The monoisotopic (exact) mass is 348 g/mol. The highest BCUT2D eigenvalue weighted by Gasteiger charge is 2.13. The number of aryl methyl sites for hydroxylation is 1. The van der Waals surface area contributed by atoms with Crippen molar-refractivity contribution in [2.24, 2.45) is 0 Å². The first kappa shape index (κ1) is 18.2. The van der Waals surface area contributed by atoms with E-state index >= 15 is 0 Å². The number of amides is 1. The summed E-state index contributed by atoms with van der Waals surface area (Å²) in [7, 11) is 0. The summed E-state index contributed by atoms with van der Waals surface area (Å²) in [6, 6.07) is 14.7. The molecule has 0 saturated carbocycles. The molecule has 0 radical (unpaired) electrons. The summed E-state index contributed by atoms with van der Waals surface area (Å²) in [6.45, 7) is 11.0. The number of nitrogens with zero attached hydrogens (tertiary/aromatic N) is 1. The lowest BCUT2D eigenvalue weighted by Crippen LogP contribution is -2.20. The molecule has 0 saturated heterocycles. The summed E-state index contributed by atoms with van der Waals surface area (Å²) in [5, 5.41) is 4.32. The fourth-order valence-electron chi connectivity index (χ4n) is 3.39. The van der Waals surface area contributed by atoms with Gasteiger partial charge in [-0.2, -0.15) is 0 Å². The van der Waals surface area contributed by atoms with Crippen molar-refractivity contribution in [2.45, 2.75) is 53.0 Å². The number of hydrogen-bond donors (Lipinski definition) is 1. The molecule has 2 aromatic carbocycles. The fraction of sp³-hybridized carbons (Fsp3) is 0.348. The van der Waals surface area contributed by atoms with Gasteiger partial charge in [-0.1, -0.05) is 52.0 Å². The van der Waals surface area contributed by atoms with Crippen LogP contribution in [-0.4, -0.2) is 10.5 Å². The highest BCUT2D eigenvalue weighted by Crippen LogP contribution is 2.28. The summed E-state index contributed by atoms with van der Waals surface area (Å²) in [4.78, 5) is 12.7. The number of carbonyl (C=O) groups is 1. The fourth-order valence-corrected chi connectivity index (χ4v) is 3.39. The number of nitrogens with one attached hydrogen (secondary N) is 1. The summed E-state index contributed by atoms with van der Waals surface area (Å²) in [6.07, 6.45) is 2.00. The Labute approximate surface area is 156 Å². The van der Waals surface area contributed by atoms with Crippen LogP contribution in [0.3, 0.4) is 0 Å². The first-order valence-electron chi connectivity index (χ1n) is 9.35. The minimum atomic E-state index is 0.00614. The smallest absolute Gasteiger partial charge is 0.244 e. The van der Waals surface area contributed by atoms with Crippen LogP contribution < -0.4 is 5.32 Å². The number of rotatable bonds is 5. The molecule has 0 aliphatic carbocycles. The zero-order valence-corrected chi connectivity index (χ0v) is 16.3. The predicted octanol–water partition coefficient (Wildman–Crippen LogP) is 5.84. The standard InChI is InChI=1S/C23H28N2O/c1-15(2)18-9-10-21-19(13-18)11-12-25(21)14-22(26)24-23-17(5)7-6-8-20(23)16(3)4/h6-13,15-16H,14H2,1-5H3,(H,24,26). The van der Waals surface area contributed by atoms with E-state index in [4.69, 9.17) is 0 Å². The van der Waals surface area contributed by atoms with Crippen LogP contribution in [0.4, 0.5) is 5.69 Å². The van der Waals surface area contributed by atoms with E-state index in [0.717, 1.165) is 16.8 Å². The van der Waals surface area contributed by atoms with Crippen LogP contribution in [0.1, 0.15) is 56.2 Å². The van der Waals surface area contributed by atoms with Gasteiger partial charge in [-0.05, 0) is 59.0 Å². The Morgan fingerprint density at radius 1 is 1.04 bits per heavy atom. The molecule has 3 nitrogen and oxygen atoms in total. The molecule has 1 N–H and O–H groups in total. The third-order valence-corrected chi connectivity index (χ3v) is 4.97. The van der Waals surface area contributed by atoms with Gasteiger partial charge < -0.3 is 9.88 Å². The average Bonchev–Trinajstić information content (AvgIpc) is 2.98. The summed E-state index contributed by atoms with van der Waals surface area (Å²) in [5.74, 6) is 0.875. The highest BCUT2D eigenvalue weighted by atomic mass is 16.1. The maximum atomic E-state index is 12.7. The van der Waals surface area contributed by atoms with Crippen LogP contribution in [0.2, 0.25) is 0 Å². The Hall–Kier alpha value is -2.55. The molecule has 3 rings (SSSR count). The van der Waals surface area contributed by atoms with Crippen LogP contribution in [0, 0.1) is 6.92 Å². The van der Waals surface area contributed by atoms with Gasteiger partial charge in [-0.3, -0.25) is 4.79 Å². The van der Waals surface area contributed by atoms with Crippen LogP contribution in [0.25, 0.3) is 10.9 Å². The van der Waals surface area contributed by atoms with Crippen molar-refractivity contribution in [1.29, 1.82) is 0 Å². The number of benzene rings is 2. The van der Waals surface area contributed by atoms with Crippen molar-refractivity contribution in [3.8, 4) is 0 Å². The Kier molecular flexibility index (Phi) is 5.17.